The Hall–Kier alpha value is -2.56. The summed E-state index contributed by atoms with van der Waals surface area (Å²) in [6.07, 6.45) is 0. The molecule has 1 aliphatic rings. The standard InChI is InChI=1S/C17H19NO4/c1-19-15-5-3-4-12(17(15)20-2)11-18-13-6-7-14-16(10-13)22-9-8-21-14/h3-7,10,18H,8-9,11H2,1-2H3. The van der Waals surface area contributed by atoms with Gasteiger partial charge in [0.1, 0.15) is 13.2 Å². The van der Waals surface area contributed by atoms with E-state index in [1.165, 1.54) is 0 Å². The molecule has 5 nitrogen and oxygen atoms in total. The van der Waals surface area contributed by atoms with Crippen LogP contribution in [0, 0.1) is 0 Å². The quantitative estimate of drug-likeness (QED) is 0.919. The summed E-state index contributed by atoms with van der Waals surface area (Å²) in [6.45, 7) is 1.81. The van der Waals surface area contributed by atoms with Gasteiger partial charge < -0.3 is 24.3 Å². The van der Waals surface area contributed by atoms with Gasteiger partial charge in [0.2, 0.25) is 0 Å². The molecule has 116 valence electrons. The summed E-state index contributed by atoms with van der Waals surface area (Å²) in [4.78, 5) is 0. The molecule has 2 aromatic rings. The van der Waals surface area contributed by atoms with E-state index in [1.54, 1.807) is 14.2 Å². The number of hydrogen-bond donors (Lipinski definition) is 1. The molecule has 0 saturated carbocycles. The van der Waals surface area contributed by atoms with Crippen LogP contribution in [-0.2, 0) is 6.54 Å². The Morgan fingerprint density at radius 3 is 2.59 bits per heavy atom. The first-order chi connectivity index (χ1) is 10.8. The number of benzene rings is 2. The van der Waals surface area contributed by atoms with Crippen molar-refractivity contribution < 1.29 is 18.9 Å². The maximum absolute atomic E-state index is 5.59. The summed E-state index contributed by atoms with van der Waals surface area (Å²) in [5.74, 6) is 3.03. The van der Waals surface area contributed by atoms with E-state index in [1.807, 2.05) is 36.4 Å². The Morgan fingerprint density at radius 2 is 1.82 bits per heavy atom. The zero-order valence-corrected chi connectivity index (χ0v) is 12.7. The fourth-order valence-corrected chi connectivity index (χ4v) is 2.44. The van der Waals surface area contributed by atoms with Crippen LogP contribution in [0.3, 0.4) is 0 Å². The van der Waals surface area contributed by atoms with Crippen LogP contribution in [0.25, 0.3) is 0 Å². The molecule has 0 atom stereocenters. The minimum absolute atomic E-state index is 0.583. The van der Waals surface area contributed by atoms with Crippen LogP contribution >= 0.6 is 0 Å². The molecule has 1 N–H and O–H groups in total. The Balaban J connectivity index is 1.75. The highest BCUT2D eigenvalue weighted by atomic mass is 16.6. The summed E-state index contributed by atoms with van der Waals surface area (Å²) in [6, 6.07) is 11.7. The lowest BCUT2D eigenvalue weighted by Crippen LogP contribution is -2.15. The molecule has 0 amide bonds. The first-order valence-electron chi connectivity index (χ1n) is 7.15. The van der Waals surface area contributed by atoms with Crippen LogP contribution < -0.4 is 24.3 Å². The van der Waals surface area contributed by atoms with Gasteiger partial charge in [-0.15, -0.1) is 0 Å². The van der Waals surface area contributed by atoms with Gasteiger partial charge in [-0.3, -0.25) is 0 Å². The van der Waals surface area contributed by atoms with E-state index in [0.717, 1.165) is 34.2 Å². The number of hydrogen-bond acceptors (Lipinski definition) is 5. The number of anilines is 1. The minimum Gasteiger partial charge on any atom is -0.493 e. The molecule has 1 aliphatic heterocycles. The molecule has 0 aliphatic carbocycles. The molecule has 2 aromatic carbocycles. The number of fused-ring (bicyclic) bond motifs is 1. The summed E-state index contributed by atoms with van der Waals surface area (Å²) < 4.78 is 21.9. The highest BCUT2D eigenvalue weighted by Crippen LogP contribution is 2.34. The van der Waals surface area contributed by atoms with Crippen LogP contribution in [0.2, 0.25) is 0 Å². The third-order valence-electron chi connectivity index (χ3n) is 3.51. The van der Waals surface area contributed by atoms with Crippen molar-refractivity contribution in [3.05, 3.63) is 42.0 Å². The van der Waals surface area contributed by atoms with Crippen molar-refractivity contribution in [3.63, 3.8) is 0 Å². The maximum Gasteiger partial charge on any atom is 0.165 e. The predicted octanol–water partition coefficient (Wildman–Crippen LogP) is 3.09. The smallest absolute Gasteiger partial charge is 0.165 e. The third-order valence-corrected chi connectivity index (χ3v) is 3.51. The Kier molecular flexibility index (Phi) is 4.23. The van der Waals surface area contributed by atoms with Gasteiger partial charge in [-0.25, -0.2) is 0 Å². The lowest BCUT2D eigenvalue weighted by atomic mass is 10.1. The van der Waals surface area contributed by atoms with Gasteiger partial charge in [0.15, 0.2) is 23.0 Å². The molecule has 0 radical (unpaired) electrons. The van der Waals surface area contributed by atoms with Crippen molar-refractivity contribution in [2.45, 2.75) is 6.54 Å². The summed E-state index contributed by atoms with van der Waals surface area (Å²) >= 11 is 0. The van der Waals surface area contributed by atoms with E-state index in [-0.39, 0.29) is 0 Å². The number of para-hydroxylation sites is 1. The Morgan fingerprint density at radius 1 is 1.00 bits per heavy atom. The molecule has 0 spiro atoms. The summed E-state index contributed by atoms with van der Waals surface area (Å²) in [5, 5.41) is 3.37. The average molecular weight is 301 g/mol. The Bertz CT molecular complexity index is 657. The fourth-order valence-electron chi connectivity index (χ4n) is 2.44. The van der Waals surface area contributed by atoms with Crippen LogP contribution in [-0.4, -0.2) is 27.4 Å². The third kappa shape index (κ3) is 2.88. The number of methoxy groups -OCH3 is 2. The van der Waals surface area contributed by atoms with E-state index >= 15 is 0 Å². The number of rotatable bonds is 5. The SMILES string of the molecule is COc1cccc(CNc2ccc3c(c2)OCCO3)c1OC. The van der Waals surface area contributed by atoms with Gasteiger partial charge >= 0.3 is 0 Å². The van der Waals surface area contributed by atoms with Crippen molar-refractivity contribution in [1.82, 2.24) is 0 Å². The van der Waals surface area contributed by atoms with Gasteiger partial charge in [-0.1, -0.05) is 12.1 Å². The molecule has 1 heterocycles. The molecule has 0 fully saturated rings. The second-order valence-electron chi connectivity index (χ2n) is 4.86. The van der Waals surface area contributed by atoms with E-state index in [0.29, 0.717) is 19.8 Å². The van der Waals surface area contributed by atoms with Crippen molar-refractivity contribution in [1.29, 1.82) is 0 Å². The summed E-state index contributed by atoms with van der Waals surface area (Å²) in [7, 11) is 3.28. The summed E-state index contributed by atoms with van der Waals surface area (Å²) in [5.41, 5.74) is 1.99. The fraction of sp³-hybridized carbons (Fsp3) is 0.294. The molecule has 0 unspecified atom stereocenters. The first-order valence-corrected chi connectivity index (χ1v) is 7.15. The lowest BCUT2D eigenvalue weighted by molar-refractivity contribution is 0.171. The molecular weight excluding hydrogens is 282 g/mol. The van der Waals surface area contributed by atoms with Crippen LogP contribution in [0.5, 0.6) is 23.0 Å². The van der Waals surface area contributed by atoms with Gasteiger partial charge in [-0.2, -0.15) is 0 Å². The molecule has 0 saturated heterocycles. The zero-order chi connectivity index (χ0) is 15.4. The van der Waals surface area contributed by atoms with Crippen molar-refractivity contribution in [2.75, 3.05) is 32.8 Å². The lowest BCUT2D eigenvalue weighted by Gasteiger charge is -2.19. The topological polar surface area (TPSA) is 49.0 Å². The van der Waals surface area contributed by atoms with E-state index in [2.05, 4.69) is 5.32 Å². The van der Waals surface area contributed by atoms with Gasteiger partial charge in [0.05, 0.1) is 14.2 Å². The van der Waals surface area contributed by atoms with Crippen molar-refractivity contribution in [3.8, 4) is 23.0 Å². The molecule has 0 aromatic heterocycles. The van der Waals surface area contributed by atoms with Crippen LogP contribution in [0.1, 0.15) is 5.56 Å². The zero-order valence-electron chi connectivity index (χ0n) is 12.7. The predicted molar refractivity (Wildman–Crippen MR) is 84.3 cm³/mol. The highest BCUT2D eigenvalue weighted by Gasteiger charge is 2.13. The van der Waals surface area contributed by atoms with Crippen molar-refractivity contribution in [2.24, 2.45) is 0 Å². The van der Waals surface area contributed by atoms with Crippen molar-refractivity contribution >= 4 is 5.69 Å². The van der Waals surface area contributed by atoms with E-state index in [9.17, 15) is 0 Å². The number of ether oxygens (including phenoxy) is 4. The second-order valence-corrected chi connectivity index (χ2v) is 4.86. The van der Waals surface area contributed by atoms with Crippen LogP contribution in [0.4, 0.5) is 5.69 Å². The monoisotopic (exact) mass is 301 g/mol. The molecular formula is C17H19NO4. The molecule has 5 heteroatoms. The minimum atomic E-state index is 0.583. The maximum atomic E-state index is 5.59. The van der Waals surface area contributed by atoms with Crippen LogP contribution in [0.15, 0.2) is 36.4 Å². The molecule has 22 heavy (non-hydrogen) atoms. The van der Waals surface area contributed by atoms with E-state index < -0.39 is 0 Å². The van der Waals surface area contributed by atoms with Gasteiger partial charge in [0.25, 0.3) is 0 Å². The normalized spacial score (nSPS) is 12.6. The highest BCUT2D eigenvalue weighted by molar-refractivity contribution is 5.56. The molecule has 3 rings (SSSR count). The van der Waals surface area contributed by atoms with Gasteiger partial charge in [-0.05, 0) is 18.2 Å². The first kappa shape index (κ1) is 14.4. The average Bonchev–Trinajstić information content (AvgIpc) is 2.59. The Labute approximate surface area is 129 Å². The van der Waals surface area contributed by atoms with Gasteiger partial charge in [0, 0.05) is 23.9 Å². The van der Waals surface area contributed by atoms with E-state index in [4.69, 9.17) is 18.9 Å². The second kappa shape index (κ2) is 6.47. The molecule has 0 bridgehead atoms. The largest absolute Gasteiger partial charge is 0.493 e. The number of nitrogens with one attached hydrogen (secondary N) is 1.